The molecule has 0 amide bonds. The number of ether oxygens (including phenoxy) is 1. The molecular weight excluding hydrogens is 400 g/mol. The summed E-state index contributed by atoms with van der Waals surface area (Å²) in [5, 5.41) is 5.70. The number of anilines is 1. The second-order valence-corrected chi connectivity index (χ2v) is 9.50. The van der Waals surface area contributed by atoms with Crippen molar-refractivity contribution in [3.8, 4) is 16.9 Å². The zero-order valence-corrected chi connectivity index (χ0v) is 18.9. The van der Waals surface area contributed by atoms with E-state index in [2.05, 4.69) is 45.3 Å². The summed E-state index contributed by atoms with van der Waals surface area (Å²) in [6.45, 7) is 6.69. The van der Waals surface area contributed by atoms with Crippen molar-refractivity contribution in [3.63, 3.8) is 0 Å². The van der Waals surface area contributed by atoms with Gasteiger partial charge in [-0.05, 0) is 61.6 Å². The SMILES string of the molecule is COc1cc2c(-c3cnn4cc(N5CCC6(CC5)CN(C)C6)cnc34)ccnc2cc1C. The van der Waals surface area contributed by atoms with Crippen molar-refractivity contribution >= 4 is 22.2 Å². The molecule has 1 aromatic carbocycles. The van der Waals surface area contributed by atoms with Crippen LogP contribution in [0.5, 0.6) is 5.75 Å². The number of aromatic nitrogens is 4. The number of benzene rings is 1. The lowest BCUT2D eigenvalue weighted by atomic mass is 9.72. The molecule has 5 heterocycles. The van der Waals surface area contributed by atoms with Crippen LogP contribution in [0.25, 0.3) is 27.7 Å². The standard InChI is InChI=1S/C25H28N6O/c1-17-10-22-20(11-23(17)32-3)19(4-7-26-22)21-13-28-31-14-18(12-27-24(21)31)30-8-5-25(6-9-30)15-29(2)16-25/h4,7,10-14H,5-6,8-9,15-16H2,1-3H3. The van der Waals surface area contributed by atoms with Gasteiger partial charge in [0.1, 0.15) is 5.75 Å². The lowest BCUT2D eigenvalue weighted by Gasteiger charge is -2.53. The number of hydrogen-bond acceptors (Lipinski definition) is 6. The quantitative estimate of drug-likeness (QED) is 0.495. The van der Waals surface area contributed by atoms with E-state index in [1.807, 2.05) is 36.1 Å². The van der Waals surface area contributed by atoms with Gasteiger partial charge in [0.2, 0.25) is 0 Å². The maximum Gasteiger partial charge on any atom is 0.162 e. The van der Waals surface area contributed by atoms with Crippen molar-refractivity contribution in [3.05, 3.63) is 48.5 Å². The largest absolute Gasteiger partial charge is 0.496 e. The minimum absolute atomic E-state index is 0.545. The number of likely N-dealkylation sites (tertiary alicyclic amines) is 1. The molecule has 3 aromatic heterocycles. The van der Waals surface area contributed by atoms with Crippen LogP contribution in [0.3, 0.4) is 0 Å². The molecule has 0 aliphatic carbocycles. The summed E-state index contributed by atoms with van der Waals surface area (Å²) in [5.74, 6) is 0.860. The Labute approximate surface area is 187 Å². The summed E-state index contributed by atoms with van der Waals surface area (Å²) < 4.78 is 7.46. The minimum atomic E-state index is 0.545. The molecule has 0 saturated carbocycles. The van der Waals surface area contributed by atoms with Crippen molar-refractivity contribution in [2.24, 2.45) is 5.41 Å². The average molecular weight is 429 g/mol. The highest BCUT2D eigenvalue weighted by Gasteiger charge is 2.43. The molecule has 0 unspecified atom stereocenters. The van der Waals surface area contributed by atoms with E-state index in [1.165, 1.54) is 25.9 Å². The molecule has 1 spiro atoms. The number of rotatable bonds is 3. The van der Waals surface area contributed by atoms with Crippen LogP contribution in [0.4, 0.5) is 5.69 Å². The molecule has 2 aliphatic heterocycles. The highest BCUT2D eigenvalue weighted by Crippen LogP contribution is 2.40. The summed E-state index contributed by atoms with van der Waals surface area (Å²) >= 11 is 0. The predicted molar refractivity (Wildman–Crippen MR) is 126 cm³/mol. The van der Waals surface area contributed by atoms with Gasteiger partial charge in [0, 0.05) is 43.3 Å². The Morgan fingerprint density at radius 3 is 2.59 bits per heavy atom. The molecule has 0 bridgehead atoms. The van der Waals surface area contributed by atoms with Crippen molar-refractivity contribution in [1.29, 1.82) is 0 Å². The summed E-state index contributed by atoms with van der Waals surface area (Å²) in [5.41, 5.74) is 6.64. The fourth-order valence-corrected chi connectivity index (χ4v) is 5.60. The minimum Gasteiger partial charge on any atom is -0.496 e. The number of methoxy groups -OCH3 is 1. The third-order valence-corrected chi connectivity index (χ3v) is 7.29. The third kappa shape index (κ3) is 3.03. The molecule has 7 nitrogen and oxygen atoms in total. The Bertz CT molecular complexity index is 1310. The van der Waals surface area contributed by atoms with Crippen molar-refractivity contribution in [2.75, 3.05) is 45.2 Å². The molecule has 32 heavy (non-hydrogen) atoms. The number of hydrogen-bond donors (Lipinski definition) is 0. The Kier molecular flexibility index (Phi) is 4.37. The number of aryl methyl sites for hydroxylation is 1. The van der Waals surface area contributed by atoms with Crippen LogP contribution in [0, 0.1) is 12.3 Å². The Morgan fingerprint density at radius 2 is 1.84 bits per heavy atom. The molecule has 2 saturated heterocycles. The highest BCUT2D eigenvalue weighted by atomic mass is 16.5. The second kappa shape index (κ2) is 7.17. The van der Waals surface area contributed by atoms with Crippen LogP contribution in [0.2, 0.25) is 0 Å². The number of fused-ring (bicyclic) bond motifs is 2. The van der Waals surface area contributed by atoms with Gasteiger partial charge in [0.15, 0.2) is 5.65 Å². The van der Waals surface area contributed by atoms with E-state index in [4.69, 9.17) is 9.72 Å². The van der Waals surface area contributed by atoms with Crippen LogP contribution in [-0.4, -0.2) is 64.8 Å². The first-order valence-electron chi connectivity index (χ1n) is 11.3. The first kappa shape index (κ1) is 19.5. The van der Waals surface area contributed by atoms with Crippen LogP contribution in [0.15, 0.2) is 43.0 Å². The topological polar surface area (TPSA) is 58.8 Å². The Hall–Kier alpha value is -3.19. The summed E-state index contributed by atoms with van der Waals surface area (Å²) in [6.07, 6.45) is 10.4. The van der Waals surface area contributed by atoms with Gasteiger partial charge >= 0.3 is 0 Å². The van der Waals surface area contributed by atoms with E-state index in [9.17, 15) is 0 Å². The monoisotopic (exact) mass is 428 g/mol. The van der Waals surface area contributed by atoms with Crippen LogP contribution in [0.1, 0.15) is 18.4 Å². The summed E-state index contributed by atoms with van der Waals surface area (Å²) in [7, 11) is 3.92. The first-order valence-corrected chi connectivity index (χ1v) is 11.3. The molecule has 0 N–H and O–H groups in total. The Balaban J connectivity index is 1.34. The Morgan fingerprint density at radius 1 is 1.03 bits per heavy atom. The van der Waals surface area contributed by atoms with Crippen molar-refractivity contribution in [1.82, 2.24) is 24.5 Å². The lowest BCUT2D eigenvalue weighted by molar-refractivity contribution is 0.00130. The zero-order valence-electron chi connectivity index (χ0n) is 18.9. The van der Waals surface area contributed by atoms with Gasteiger partial charge in [0.05, 0.1) is 36.9 Å². The van der Waals surface area contributed by atoms with E-state index in [0.717, 1.165) is 57.8 Å². The second-order valence-electron chi connectivity index (χ2n) is 9.50. The third-order valence-electron chi connectivity index (χ3n) is 7.29. The molecule has 164 valence electrons. The maximum absolute atomic E-state index is 5.56. The van der Waals surface area contributed by atoms with Gasteiger partial charge in [-0.2, -0.15) is 5.10 Å². The fraction of sp³-hybridized carbons (Fsp3) is 0.400. The van der Waals surface area contributed by atoms with E-state index in [-0.39, 0.29) is 0 Å². The molecule has 0 atom stereocenters. The summed E-state index contributed by atoms with van der Waals surface area (Å²) in [4.78, 5) is 14.3. The molecule has 0 radical (unpaired) electrons. The smallest absolute Gasteiger partial charge is 0.162 e. The van der Waals surface area contributed by atoms with Gasteiger partial charge in [-0.3, -0.25) is 4.98 Å². The van der Waals surface area contributed by atoms with E-state index in [0.29, 0.717) is 5.41 Å². The number of pyridine rings is 1. The zero-order chi connectivity index (χ0) is 21.9. The predicted octanol–water partition coefficient (Wildman–Crippen LogP) is 3.79. The van der Waals surface area contributed by atoms with Crippen molar-refractivity contribution < 1.29 is 4.74 Å². The van der Waals surface area contributed by atoms with Crippen LogP contribution < -0.4 is 9.64 Å². The van der Waals surface area contributed by atoms with E-state index in [1.54, 1.807) is 7.11 Å². The van der Waals surface area contributed by atoms with Gasteiger partial charge < -0.3 is 14.5 Å². The molecule has 6 rings (SSSR count). The fourth-order valence-electron chi connectivity index (χ4n) is 5.60. The first-order chi connectivity index (χ1) is 15.5. The summed E-state index contributed by atoms with van der Waals surface area (Å²) in [6, 6.07) is 6.16. The maximum atomic E-state index is 5.56. The highest BCUT2D eigenvalue weighted by molar-refractivity contribution is 5.98. The lowest BCUT2D eigenvalue weighted by Crippen LogP contribution is -2.58. The molecule has 2 fully saturated rings. The normalized spacial score (nSPS) is 18.4. The molecule has 2 aliphatic rings. The van der Waals surface area contributed by atoms with E-state index >= 15 is 0 Å². The van der Waals surface area contributed by atoms with Crippen LogP contribution in [-0.2, 0) is 0 Å². The molecule has 7 heteroatoms. The average Bonchev–Trinajstić information content (AvgIpc) is 3.21. The molecule has 4 aromatic rings. The van der Waals surface area contributed by atoms with Gasteiger partial charge in [-0.15, -0.1) is 0 Å². The van der Waals surface area contributed by atoms with Crippen molar-refractivity contribution in [2.45, 2.75) is 19.8 Å². The van der Waals surface area contributed by atoms with Crippen LogP contribution >= 0.6 is 0 Å². The van der Waals surface area contributed by atoms with Gasteiger partial charge in [-0.1, -0.05) is 0 Å². The molecular formula is C25H28N6O. The van der Waals surface area contributed by atoms with Gasteiger partial charge in [-0.25, -0.2) is 9.50 Å². The number of nitrogens with zero attached hydrogens (tertiary/aromatic N) is 6. The van der Waals surface area contributed by atoms with Gasteiger partial charge in [0.25, 0.3) is 0 Å². The van der Waals surface area contributed by atoms with E-state index < -0.39 is 0 Å². The number of piperidine rings is 1.